The van der Waals surface area contributed by atoms with Gasteiger partial charge < -0.3 is 30.9 Å². The van der Waals surface area contributed by atoms with Crippen molar-refractivity contribution in [2.45, 2.75) is 187 Å². The van der Waals surface area contributed by atoms with Gasteiger partial charge in [0.25, 0.3) is 0 Å². The molecule has 0 bridgehead atoms. The minimum atomic E-state index is -0.554. The molecule has 2 unspecified atom stereocenters. The van der Waals surface area contributed by atoms with Crippen molar-refractivity contribution in [3.8, 4) is 0 Å². The number of aliphatic hydroxyl groups is 3. The summed E-state index contributed by atoms with van der Waals surface area (Å²) >= 11 is 0. The fraction of sp³-hybridized carbons (Fsp3) is 0.775. The van der Waals surface area contributed by atoms with Crippen LogP contribution in [0.15, 0.2) is 50.4 Å². The van der Waals surface area contributed by atoms with E-state index in [9.17, 15) is 15.3 Å². The molecular weight excluding hydrogens is 618 g/mol. The maximum absolute atomic E-state index is 9.61. The average molecular weight is 692 g/mol. The summed E-state index contributed by atoms with van der Waals surface area (Å²) < 4.78 is 0. The molecule has 3 rings (SSSR count). The van der Waals surface area contributed by atoms with Gasteiger partial charge in [0, 0.05) is 30.5 Å². The smallest absolute Gasteiger partial charge is 0.0591 e. The molecule has 9 nitrogen and oxygen atoms in total. The summed E-state index contributed by atoms with van der Waals surface area (Å²) in [4.78, 5) is 0. The lowest BCUT2D eigenvalue weighted by molar-refractivity contribution is 0.0682. The molecule has 0 amide bonds. The summed E-state index contributed by atoms with van der Waals surface area (Å²) in [5, 5.41) is 61.9. The zero-order chi connectivity index (χ0) is 37.2. The Morgan fingerprint density at radius 1 is 0.612 bits per heavy atom. The Kier molecular flexibility index (Phi) is 25.0. The molecule has 0 aliphatic heterocycles. The summed E-state index contributed by atoms with van der Waals surface area (Å²) in [7, 11) is 0. The number of hydrogen-bond donors (Lipinski definition) is 6. The maximum Gasteiger partial charge on any atom is 0.0591 e. The van der Waals surface area contributed by atoms with Crippen molar-refractivity contribution in [3.05, 3.63) is 34.9 Å². The summed E-state index contributed by atoms with van der Waals surface area (Å²) in [6.07, 6.45) is 32.4. The lowest BCUT2D eigenvalue weighted by Crippen LogP contribution is -2.18. The largest absolute Gasteiger partial charge is 0.411 e. The Hall–Kier alpha value is -2.49. The van der Waals surface area contributed by atoms with Gasteiger partial charge in [-0.15, -0.1) is 15.5 Å². The number of rotatable bonds is 14. The Morgan fingerprint density at radius 3 is 1.49 bits per heavy atom. The van der Waals surface area contributed by atoms with E-state index in [4.69, 9.17) is 15.6 Å². The third-order valence-corrected chi connectivity index (χ3v) is 8.96. The van der Waals surface area contributed by atoms with E-state index < -0.39 is 16.8 Å². The quantitative estimate of drug-likeness (QED) is 0.0460. The van der Waals surface area contributed by atoms with Crippen LogP contribution in [0.4, 0.5) is 0 Å². The van der Waals surface area contributed by atoms with E-state index in [2.05, 4.69) is 33.7 Å². The van der Waals surface area contributed by atoms with Crippen LogP contribution in [0, 0.1) is 11.8 Å². The van der Waals surface area contributed by atoms with Crippen LogP contribution < -0.4 is 0 Å². The fourth-order valence-electron chi connectivity index (χ4n) is 6.19. The van der Waals surface area contributed by atoms with E-state index in [1.54, 1.807) is 24.9 Å². The molecule has 0 saturated carbocycles. The van der Waals surface area contributed by atoms with Crippen LogP contribution >= 0.6 is 0 Å². The highest BCUT2D eigenvalue weighted by atomic mass is 16.4. The maximum atomic E-state index is 9.61. The van der Waals surface area contributed by atoms with Gasteiger partial charge in [0.1, 0.15) is 0 Å². The van der Waals surface area contributed by atoms with Gasteiger partial charge in [-0.25, -0.2) is 0 Å². The van der Waals surface area contributed by atoms with Gasteiger partial charge >= 0.3 is 0 Å². The van der Waals surface area contributed by atoms with Crippen molar-refractivity contribution < 1.29 is 30.9 Å². The Morgan fingerprint density at radius 2 is 1.08 bits per heavy atom. The van der Waals surface area contributed by atoms with Crippen LogP contribution in [0.2, 0.25) is 0 Å². The third-order valence-electron chi connectivity index (χ3n) is 8.96. The molecular formula is C40H73N3O6. The number of nitrogens with zero attached hydrogens (tertiary/aromatic N) is 3. The lowest BCUT2D eigenvalue weighted by Gasteiger charge is -2.21. The average Bonchev–Trinajstić information content (AvgIpc) is 3.02. The van der Waals surface area contributed by atoms with Crippen LogP contribution in [-0.4, -0.2) is 66.4 Å². The Bertz CT molecular complexity index is 1020. The van der Waals surface area contributed by atoms with Crippen molar-refractivity contribution in [3.63, 3.8) is 0 Å². The lowest BCUT2D eigenvalue weighted by atomic mass is 9.86. The molecule has 2 atom stereocenters. The molecule has 0 spiro atoms. The van der Waals surface area contributed by atoms with Crippen molar-refractivity contribution in [2.24, 2.45) is 27.3 Å². The predicted molar refractivity (Wildman–Crippen MR) is 204 cm³/mol. The van der Waals surface area contributed by atoms with Gasteiger partial charge in [-0.3, -0.25) is 0 Å². The van der Waals surface area contributed by atoms with E-state index >= 15 is 0 Å². The van der Waals surface area contributed by atoms with Crippen molar-refractivity contribution in [2.75, 3.05) is 0 Å². The Labute approximate surface area is 298 Å². The van der Waals surface area contributed by atoms with Gasteiger partial charge in [0.2, 0.25) is 0 Å². The predicted octanol–water partition coefficient (Wildman–Crippen LogP) is 10.1. The zero-order valence-corrected chi connectivity index (χ0v) is 32.1. The SMILES string of the molecule is C/C=N/O.CC(C)(O)CCCC1=CCC(/C=N/O)CC1.CC(C)(O)CCCC1=CCCC(/C=N/O)C1.CC(C)(O)CCCC1=CCCCC1. The molecule has 0 aromatic rings. The first-order valence-corrected chi connectivity index (χ1v) is 18.7. The molecule has 284 valence electrons. The van der Waals surface area contributed by atoms with Crippen molar-refractivity contribution in [1.29, 1.82) is 0 Å². The highest BCUT2D eigenvalue weighted by Gasteiger charge is 2.17. The molecule has 0 radical (unpaired) electrons. The fourth-order valence-corrected chi connectivity index (χ4v) is 6.19. The van der Waals surface area contributed by atoms with Crippen LogP contribution in [0.3, 0.4) is 0 Å². The second kappa shape index (κ2) is 26.3. The van der Waals surface area contributed by atoms with Gasteiger partial charge in [-0.1, -0.05) is 34.9 Å². The van der Waals surface area contributed by atoms with Gasteiger partial charge in [0.05, 0.1) is 16.8 Å². The molecule has 0 aromatic heterocycles. The highest BCUT2D eigenvalue weighted by Crippen LogP contribution is 2.28. The molecule has 0 saturated heterocycles. The van der Waals surface area contributed by atoms with Crippen LogP contribution in [0.1, 0.15) is 170 Å². The molecule has 3 aliphatic carbocycles. The summed E-state index contributed by atoms with van der Waals surface area (Å²) in [5.74, 6) is 0.801. The van der Waals surface area contributed by atoms with E-state index in [1.165, 1.54) is 49.5 Å². The molecule has 6 N–H and O–H groups in total. The second-order valence-electron chi connectivity index (χ2n) is 15.8. The van der Waals surface area contributed by atoms with Crippen LogP contribution in [-0.2, 0) is 0 Å². The minimum absolute atomic E-state index is 0.395. The van der Waals surface area contributed by atoms with E-state index in [0.717, 1.165) is 89.9 Å². The van der Waals surface area contributed by atoms with Crippen LogP contribution in [0.25, 0.3) is 0 Å². The monoisotopic (exact) mass is 692 g/mol. The van der Waals surface area contributed by atoms with Gasteiger partial charge in [0.15, 0.2) is 0 Å². The molecule has 0 aromatic carbocycles. The topological polar surface area (TPSA) is 158 Å². The summed E-state index contributed by atoms with van der Waals surface area (Å²) in [6, 6.07) is 0. The first-order valence-electron chi connectivity index (χ1n) is 18.7. The molecule has 0 fully saturated rings. The first kappa shape index (κ1) is 46.5. The highest BCUT2D eigenvalue weighted by molar-refractivity contribution is 5.61. The normalized spacial score (nSPS) is 20.3. The molecule has 3 aliphatic rings. The zero-order valence-electron chi connectivity index (χ0n) is 32.1. The van der Waals surface area contributed by atoms with Gasteiger partial charge in [-0.2, -0.15) is 0 Å². The van der Waals surface area contributed by atoms with E-state index in [0.29, 0.717) is 11.8 Å². The van der Waals surface area contributed by atoms with Crippen molar-refractivity contribution >= 4 is 18.6 Å². The molecule has 49 heavy (non-hydrogen) atoms. The molecule has 0 heterocycles. The van der Waals surface area contributed by atoms with Gasteiger partial charge in [-0.05, 0) is 170 Å². The molecule has 9 heteroatoms. The summed E-state index contributed by atoms with van der Waals surface area (Å²) in [5.41, 5.74) is 2.99. The number of allylic oxidation sites excluding steroid dienone is 6. The minimum Gasteiger partial charge on any atom is -0.411 e. The Balaban J connectivity index is 0.000000671. The number of hydrogen-bond acceptors (Lipinski definition) is 9. The summed E-state index contributed by atoms with van der Waals surface area (Å²) in [6.45, 7) is 12.8. The van der Waals surface area contributed by atoms with Crippen LogP contribution in [0.5, 0.6) is 0 Å². The van der Waals surface area contributed by atoms with E-state index in [-0.39, 0.29) is 0 Å². The first-order chi connectivity index (χ1) is 23.0. The second-order valence-corrected chi connectivity index (χ2v) is 15.8. The van der Waals surface area contributed by atoms with E-state index in [1.807, 2.05) is 41.5 Å². The number of oxime groups is 3. The third kappa shape index (κ3) is 30.1. The standard InChI is InChI=1S/2C13H23NO2.C12H22O.C2H5NO/c1-13(2,15)8-4-7-11-5-3-6-12(9-11)10-14-16;1-13(2,15)9-3-4-11-5-7-12(8-6-11)10-14-16;1-12(2,13)10-6-9-11-7-4-3-5-8-11;1-2-3-4/h2*5,10,12,15-16H,3-4,6-9H2,1-2H3;7,13H,3-6,8-10H2,1-2H3;2,4H,1H3/b2*14-10+;;3-2+. The van der Waals surface area contributed by atoms with Crippen molar-refractivity contribution in [1.82, 2.24) is 0 Å².